The summed E-state index contributed by atoms with van der Waals surface area (Å²) in [5, 5.41) is 10.1. The second kappa shape index (κ2) is 24.5. The maximum Gasteiger partial charge on any atom is 0.373 e. The lowest BCUT2D eigenvalue weighted by Gasteiger charge is -2.31. The predicted molar refractivity (Wildman–Crippen MR) is 194 cm³/mol. The molecule has 1 aromatic rings. The molecule has 2 aliphatic rings. The Morgan fingerprint density at radius 3 is 1.65 bits per heavy atom. The van der Waals surface area contributed by atoms with Crippen molar-refractivity contribution in [2.75, 3.05) is 92.4 Å². The smallest absolute Gasteiger partial charge is 0.373 e. The number of ketones is 1. The molecule has 1 heterocycles. The second-order valence-electron chi connectivity index (χ2n) is 13.3. The molecule has 13 nitrogen and oxygen atoms in total. The van der Waals surface area contributed by atoms with Crippen molar-refractivity contribution in [3.05, 3.63) is 40.1 Å². The Kier molecular flexibility index (Phi) is 20.5. The summed E-state index contributed by atoms with van der Waals surface area (Å²) in [6.07, 6.45) is 4.94. The number of ether oxygens (including phenoxy) is 7. The standard InChI is InChI=1S/C38H58BNO12/c1-27-24-28(2)34(29(3)25-27)35(38(43)44)36(52-39)31-7-9-32(10-8-31)51-23-22-49-19-18-47-15-14-45-12-13-46-16-17-48-20-21-50-26-33(41)37(42)40-11-5-6-30(40)4/h24-25,30-32H,5-23,26H2,1-4H3,(H,43,44)/b36-35+. The van der Waals surface area contributed by atoms with Crippen LogP contribution in [0.1, 0.15) is 67.7 Å². The summed E-state index contributed by atoms with van der Waals surface area (Å²) < 4.78 is 44.1. The van der Waals surface area contributed by atoms with Crippen LogP contribution in [0, 0.1) is 26.7 Å². The summed E-state index contributed by atoms with van der Waals surface area (Å²) in [4.78, 5) is 38.1. The highest BCUT2D eigenvalue weighted by atomic mass is 16.6. The van der Waals surface area contributed by atoms with Crippen LogP contribution in [0.4, 0.5) is 0 Å². The molecule has 1 unspecified atom stereocenters. The minimum absolute atomic E-state index is 0.0741. The molecule has 1 aromatic carbocycles. The lowest BCUT2D eigenvalue weighted by atomic mass is 9.82. The minimum atomic E-state index is -1.04. The summed E-state index contributed by atoms with van der Waals surface area (Å²) in [6.45, 7) is 13.1. The third-order valence-electron chi connectivity index (χ3n) is 9.29. The van der Waals surface area contributed by atoms with Gasteiger partial charge in [0.15, 0.2) is 0 Å². The molecule has 0 bridgehead atoms. The monoisotopic (exact) mass is 731 g/mol. The molecule has 1 saturated carbocycles. The maximum absolute atomic E-state index is 12.4. The summed E-state index contributed by atoms with van der Waals surface area (Å²) in [6, 6.07) is 4.06. The maximum atomic E-state index is 12.4. The fourth-order valence-corrected chi connectivity index (χ4v) is 6.76. The van der Waals surface area contributed by atoms with Gasteiger partial charge in [0.25, 0.3) is 5.91 Å². The lowest BCUT2D eigenvalue weighted by Crippen LogP contribution is -2.40. The first-order valence-corrected chi connectivity index (χ1v) is 18.5. The molecule has 1 atom stereocenters. The number of aliphatic carboxylic acids is 1. The van der Waals surface area contributed by atoms with E-state index >= 15 is 0 Å². The fraction of sp³-hybridized carbons (Fsp3) is 0.711. The molecule has 0 spiro atoms. The number of hydrogen-bond acceptors (Lipinski definition) is 11. The Morgan fingerprint density at radius 1 is 0.731 bits per heavy atom. The van der Waals surface area contributed by atoms with Gasteiger partial charge >= 0.3 is 14.0 Å². The van der Waals surface area contributed by atoms with Gasteiger partial charge < -0.3 is 47.8 Å². The van der Waals surface area contributed by atoms with E-state index in [1.807, 2.05) is 39.8 Å². The molecule has 52 heavy (non-hydrogen) atoms. The molecule has 3 rings (SSSR count). The van der Waals surface area contributed by atoms with E-state index in [1.165, 1.54) is 0 Å². The highest BCUT2D eigenvalue weighted by Gasteiger charge is 2.31. The highest BCUT2D eigenvalue weighted by molar-refractivity contribution is 6.36. The van der Waals surface area contributed by atoms with E-state index in [0.717, 1.165) is 55.2 Å². The average molecular weight is 732 g/mol. The molecule has 1 amide bonds. The summed E-state index contributed by atoms with van der Waals surface area (Å²) in [5.41, 5.74) is 3.66. The first kappa shape index (κ1) is 43.6. The van der Waals surface area contributed by atoms with Gasteiger partial charge in [-0.3, -0.25) is 9.59 Å². The number of likely N-dealkylation sites (tertiary alicyclic amines) is 1. The SMILES string of the molecule is [B]O/C(=C(/C(=O)O)c1c(C)cc(C)cc1C)C1CCC(OCCOCCOCCOCCOCCOCCOCC(=O)C(=O)N2CCCC2C)CC1. The van der Waals surface area contributed by atoms with Gasteiger partial charge in [0.1, 0.15) is 12.2 Å². The van der Waals surface area contributed by atoms with E-state index in [1.54, 1.807) is 4.90 Å². The number of allylic oxidation sites excluding steroid dienone is 1. The molecule has 1 saturated heterocycles. The van der Waals surface area contributed by atoms with Crippen LogP contribution in [-0.4, -0.2) is 140 Å². The molecule has 2 radical (unpaired) electrons. The molecule has 14 heteroatoms. The Bertz CT molecular complexity index is 1260. The zero-order chi connectivity index (χ0) is 37.7. The topological polar surface area (TPSA) is 149 Å². The summed E-state index contributed by atoms with van der Waals surface area (Å²) >= 11 is 0. The summed E-state index contributed by atoms with van der Waals surface area (Å²) in [7, 11) is 5.67. The first-order valence-electron chi connectivity index (χ1n) is 18.5. The minimum Gasteiger partial charge on any atom is -0.570 e. The largest absolute Gasteiger partial charge is 0.570 e. The zero-order valence-corrected chi connectivity index (χ0v) is 31.5. The number of Topliss-reactive ketones (excluding diaryl/α,β-unsaturated/α-hetero) is 1. The average Bonchev–Trinajstić information content (AvgIpc) is 3.55. The van der Waals surface area contributed by atoms with Gasteiger partial charge in [0.05, 0.1) is 91.1 Å². The fourth-order valence-electron chi connectivity index (χ4n) is 6.76. The zero-order valence-electron chi connectivity index (χ0n) is 31.5. The van der Waals surface area contributed by atoms with Crippen molar-refractivity contribution >= 4 is 31.3 Å². The van der Waals surface area contributed by atoms with E-state index in [4.69, 9.17) is 45.9 Å². The van der Waals surface area contributed by atoms with Crippen molar-refractivity contribution < 1.29 is 57.3 Å². The van der Waals surface area contributed by atoms with Gasteiger partial charge in [-0.15, -0.1) is 0 Å². The number of carboxylic acid groups (broad SMARTS) is 1. The molecular weight excluding hydrogens is 673 g/mol. The highest BCUT2D eigenvalue weighted by Crippen LogP contribution is 2.37. The summed E-state index contributed by atoms with van der Waals surface area (Å²) in [5.74, 6) is -1.78. The van der Waals surface area contributed by atoms with E-state index in [9.17, 15) is 19.5 Å². The van der Waals surface area contributed by atoms with E-state index in [0.29, 0.717) is 90.5 Å². The predicted octanol–water partition coefficient (Wildman–Crippen LogP) is 3.76. The van der Waals surface area contributed by atoms with Crippen molar-refractivity contribution in [2.24, 2.45) is 5.92 Å². The van der Waals surface area contributed by atoms with Crippen LogP contribution in [0.15, 0.2) is 17.9 Å². The lowest BCUT2D eigenvalue weighted by molar-refractivity contribution is -0.147. The van der Waals surface area contributed by atoms with Gasteiger partial charge in [-0.25, -0.2) is 4.79 Å². The molecule has 290 valence electrons. The van der Waals surface area contributed by atoms with Gasteiger partial charge in [0.2, 0.25) is 5.78 Å². The van der Waals surface area contributed by atoms with Gasteiger partial charge in [0, 0.05) is 18.5 Å². The second-order valence-corrected chi connectivity index (χ2v) is 13.3. The molecule has 1 N–H and O–H groups in total. The number of carbonyl (C=O) groups is 3. The van der Waals surface area contributed by atoms with Crippen LogP contribution in [0.25, 0.3) is 5.57 Å². The van der Waals surface area contributed by atoms with Crippen molar-refractivity contribution in [3.8, 4) is 0 Å². The van der Waals surface area contributed by atoms with Crippen molar-refractivity contribution in [3.63, 3.8) is 0 Å². The quantitative estimate of drug-likeness (QED) is 0.0487. The normalized spacial score (nSPS) is 19.5. The van der Waals surface area contributed by atoms with Crippen molar-refractivity contribution in [2.45, 2.75) is 78.4 Å². The van der Waals surface area contributed by atoms with Crippen LogP contribution in [0.2, 0.25) is 0 Å². The Morgan fingerprint density at radius 2 is 1.21 bits per heavy atom. The Labute approximate surface area is 310 Å². The molecular formula is C38H58BNO12. The van der Waals surface area contributed by atoms with Gasteiger partial charge in [-0.05, 0) is 82.9 Å². The third kappa shape index (κ3) is 14.9. The van der Waals surface area contributed by atoms with Crippen molar-refractivity contribution in [1.82, 2.24) is 4.90 Å². The molecule has 0 aromatic heterocycles. The number of aryl methyl sites for hydroxylation is 3. The van der Waals surface area contributed by atoms with Gasteiger partial charge in [-0.2, -0.15) is 0 Å². The number of rotatable bonds is 26. The number of amides is 1. The van der Waals surface area contributed by atoms with Crippen LogP contribution in [0.5, 0.6) is 0 Å². The third-order valence-corrected chi connectivity index (χ3v) is 9.29. The Hall–Kier alpha value is -2.85. The molecule has 1 aliphatic carbocycles. The van der Waals surface area contributed by atoms with E-state index < -0.39 is 17.7 Å². The van der Waals surface area contributed by atoms with Gasteiger partial charge in [-0.1, -0.05) is 17.7 Å². The van der Waals surface area contributed by atoms with E-state index in [2.05, 4.69) is 0 Å². The Balaban J connectivity index is 1.11. The number of nitrogens with zero attached hydrogens (tertiary/aromatic N) is 1. The van der Waals surface area contributed by atoms with Crippen LogP contribution >= 0.6 is 0 Å². The number of benzene rings is 1. The van der Waals surface area contributed by atoms with Crippen LogP contribution < -0.4 is 0 Å². The van der Waals surface area contributed by atoms with Crippen LogP contribution in [0.3, 0.4) is 0 Å². The van der Waals surface area contributed by atoms with E-state index in [-0.39, 0.29) is 36.9 Å². The number of carbonyl (C=O) groups excluding carboxylic acids is 2. The van der Waals surface area contributed by atoms with Crippen LogP contribution in [-0.2, 0) is 52.2 Å². The number of hydrogen-bond donors (Lipinski definition) is 1. The molecule has 2 fully saturated rings. The first-order chi connectivity index (χ1) is 25.1. The molecule has 1 aliphatic heterocycles. The van der Waals surface area contributed by atoms with Crippen molar-refractivity contribution in [1.29, 1.82) is 0 Å². The number of carboxylic acids is 1.